The summed E-state index contributed by atoms with van der Waals surface area (Å²) in [5.74, 6) is 0. The van der Waals surface area contributed by atoms with Gasteiger partial charge in [-0.05, 0) is 32.4 Å². The molecule has 0 radical (unpaired) electrons. The average Bonchev–Trinajstić information content (AvgIpc) is 2.73. The number of rotatable bonds is 4. The van der Waals surface area contributed by atoms with E-state index in [1.165, 1.54) is 0 Å². The summed E-state index contributed by atoms with van der Waals surface area (Å²) in [6, 6.07) is 3.43. The molecule has 19 heavy (non-hydrogen) atoms. The van der Waals surface area contributed by atoms with Crippen LogP contribution in [-0.4, -0.2) is 9.91 Å². The summed E-state index contributed by atoms with van der Waals surface area (Å²) in [6.45, 7) is 6.28. The first-order valence-electron chi connectivity index (χ1n) is 5.88. The zero-order valence-corrected chi connectivity index (χ0v) is 11.9. The molecule has 0 aliphatic heterocycles. The average molecular weight is 277 g/mol. The van der Waals surface area contributed by atoms with Gasteiger partial charge in [-0.25, -0.2) is 4.98 Å². The number of aromatic nitrogens is 1. The fourth-order valence-electron chi connectivity index (χ4n) is 1.90. The Morgan fingerprint density at radius 3 is 2.63 bits per heavy atom. The SMILES string of the molecule is Cc1ncc(CNc2cc([N+](=O)[O-])c(C)cc2C)s1. The van der Waals surface area contributed by atoms with Crippen molar-refractivity contribution in [3.8, 4) is 0 Å². The predicted molar refractivity (Wildman–Crippen MR) is 76.7 cm³/mol. The van der Waals surface area contributed by atoms with Gasteiger partial charge in [0.15, 0.2) is 0 Å². The van der Waals surface area contributed by atoms with Crippen molar-refractivity contribution in [2.75, 3.05) is 5.32 Å². The molecule has 0 aliphatic rings. The first kappa shape index (κ1) is 13.5. The molecule has 6 heteroatoms. The van der Waals surface area contributed by atoms with Crippen molar-refractivity contribution in [1.29, 1.82) is 0 Å². The maximum atomic E-state index is 10.9. The predicted octanol–water partition coefficient (Wildman–Crippen LogP) is 3.59. The summed E-state index contributed by atoms with van der Waals surface area (Å²) in [5.41, 5.74) is 2.63. The van der Waals surface area contributed by atoms with Gasteiger partial charge in [-0.2, -0.15) is 0 Å². The van der Waals surface area contributed by atoms with E-state index in [-0.39, 0.29) is 10.6 Å². The van der Waals surface area contributed by atoms with Crippen LogP contribution in [0.5, 0.6) is 0 Å². The number of benzene rings is 1. The highest BCUT2D eigenvalue weighted by atomic mass is 32.1. The zero-order valence-electron chi connectivity index (χ0n) is 11.1. The molecule has 2 rings (SSSR count). The van der Waals surface area contributed by atoms with Crippen LogP contribution in [-0.2, 0) is 6.54 Å². The molecule has 0 bridgehead atoms. The molecular weight excluding hydrogens is 262 g/mol. The van der Waals surface area contributed by atoms with E-state index in [2.05, 4.69) is 10.3 Å². The molecule has 0 saturated carbocycles. The standard InChI is InChI=1S/C13H15N3O2S/c1-8-4-9(2)13(16(17)18)5-12(8)15-7-11-6-14-10(3)19-11/h4-6,15H,7H2,1-3H3. The van der Waals surface area contributed by atoms with Gasteiger partial charge in [0.1, 0.15) is 0 Å². The van der Waals surface area contributed by atoms with Gasteiger partial charge in [0.2, 0.25) is 0 Å². The van der Waals surface area contributed by atoms with Gasteiger partial charge in [0, 0.05) is 28.4 Å². The maximum Gasteiger partial charge on any atom is 0.274 e. The molecule has 0 saturated heterocycles. The molecular formula is C13H15N3O2S. The second-order valence-corrected chi connectivity index (χ2v) is 5.73. The monoisotopic (exact) mass is 277 g/mol. The van der Waals surface area contributed by atoms with Gasteiger partial charge in [-0.15, -0.1) is 11.3 Å². The smallest absolute Gasteiger partial charge is 0.274 e. The molecule has 5 nitrogen and oxygen atoms in total. The highest BCUT2D eigenvalue weighted by Gasteiger charge is 2.13. The molecule has 1 aromatic heterocycles. The van der Waals surface area contributed by atoms with Crippen molar-refractivity contribution < 1.29 is 4.92 Å². The second kappa shape index (κ2) is 5.36. The summed E-state index contributed by atoms with van der Waals surface area (Å²) < 4.78 is 0. The lowest BCUT2D eigenvalue weighted by atomic mass is 10.1. The van der Waals surface area contributed by atoms with Crippen LogP contribution in [0.15, 0.2) is 18.3 Å². The van der Waals surface area contributed by atoms with Crippen molar-refractivity contribution in [1.82, 2.24) is 4.98 Å². The summed E-state index contributed by atoms with van der Waals surface area (Å²) in [5, 5.41) is 15.2. The van der Waals surface area contributed by atoms with E-state index in [4.69, 9.17) is 0 Å². The van der Waals surface area contributed by atoms with Gasteiger partial charge >= 0.3 is 0 Å². The van der Waals surface area contributed by atoms with Crippen LogP contribution in [0.25, 0.3) is 0 Å². The number of thiazole rings is 1. The molecule has 0 atom stereocenters. The number of hydrogen-bond donors (Lipinski definition) is 1. The molecule has 1 heterocycles. The van der Waals surface area contributed by atoms with Crippen LogP contribution >= 0.6 is 11.3 Å². The molecule has 0 spiro atoms. The fourth-order valence-corrected chi connectivity index (χ4v) is 2.63. The fraction of sp³-hybridized carbons (Fsp3) is 0.308. The van der Waals surface area contributed by atoms with E-state index in [1.54, 1.807) is 24.3 Å². The Labute approximate surface area is 115 Å². The quantitative estimate of drug-likeness (QED) is 0.685. The van der Waals surface area contributed by atoms with Crippen LogP contribution in [0, 0.1) is 30.9 Å². The van der Waals surface area contributed by atoms with Gasteiger partial charge in [-0.1, -0.05) is 0 Å². The zero-order chi connectivity index (χ0) is 14.0. The van der Waals surface area contributed by atoms with Crippen molar-refractivity contribution in [3.63, 3.8) is 0 Å². The van der Waals surface area contributed by atoms with E-state index < -0.39 is 0 Å². The maximum absolute atomic E-state index is 10.9. The van der Waals surface area contributed by atoms with E-state index in [9.17, 15) is 10.1 Å². The minimum absolute atomic E-state index is 0.147. The molecule has 0 unspecified atom stereocenters. The number of anilines is 1. The third-order valence-electron chi connectivity index (χ3n) is 2.86. The van der Waals surface area contributed by atoms with Crippen LogP contribution < -0.4 is 5.32 Å². The van der Waals surface area contributed by atoms with Gasteiger partial charge in [0.05, 0.1) is 16.5 Å². The first-order chi connectivity index (χ1) is 8.97. The van der Waals surface area contributed by atoms with Crippen molar-refractivity contribution in [2.24, 2.45) is 0 Å². The molecule has 1 aromatic carbocycles. The number of nitrogens with zero attached hydrogens (tertiary/aromatic N) is 2. The minimum atomic E-state index is -0.350. The normalized spacial score (nSPS) is 10.5. The Morgan fingerprint density at radius 2 is 2.05 bits per heavy atom. The third-order valence-corrected chi connectivity index (χ3v) is 3.77. The Morgan fingerprint density at radius 1 is 1.32 bits per heavy atom. The molecule has 1 N–H and O–H groups in total. The molecule has 2 aromatic rings. The van der Waals surface area contributed by atoms with E-state index in [1.807, 2.05) is 26.1 Å². The van der Waals surface area contributed by atoms with Crippen LogP contribution in [0.4, 0.5) is 11.4 Å². The van der Waals surface area contributed by atoms with Crippen molar-refractivity contribution in [3.05, 3.63) is 49.5 Å². The number of hydrogen-bond acceptors (Lipinski definition) is 5. The highest BCUT2D eigenvalue weighted by molar-refractivity contribution is 7.11. The third kappa shape index (κ3) is 3.08. The lowest BCUT2D eigenvalue weighted by molar-refractivity contribution is -0.385. The van der Waals surface area contributed by atoms with Crippen molar-refractivity contribution in [2.45, 2.75) is 27.3 Å². The summed E-state index contributed by atoms with van der Waals surface area (Å²) >= 11 is 1.62. The summed E-state index contributed by atoms with van der Waals surface area (Å²) in [7, 11) is 0. The highest BCUT2D eigenvalue weighted by Crippen LogP contribution is 2.27. The second-order valence-electron chi connectivity index (χ2n) is 4.41. The number of nitro benzene ring substituents is 1. The summed E-state index contributed by atoms with van der Waals surface area (Å²) in [4.78, 5) is 15.9. The van der Waals surface area contributed by atoms with Crippen molar-refractivity contribution >= 4 is 22.7 Å². The number of aryl methyl sites for hydroxylation is 3. The van der Waals surface area contributed by atoms with Gasteiger partial charge in [0.25, 0.3) is 5.69 Å². The Hall–Kier alpha value is -1.95. The number of nitrogens with one attached hydrogen (secondary N) is 1. The Balaban J connectivity index is 2.20. The molecule has 0 amide bonds. The molecule has 0 fully saturated rings. The lowest BCUT2D eigenvalue weighted by Crippen LogP contribution is -2.02. The first-order valence-corrected chi connectivity index (χ1v) is 6.70. The molecule has 0 aliphatic carbocycles. The summed E-state index contributed by atoms with van der Waals surface area (Å²) in [6.07, 6.45) is 1.82. The topological polar surface area (TPSA) is 68.1 Å². The van der Waals surface area contributed by atoms with Crippen LogP contribution in [0.2, 0.25) is 0 Å². The Kier molecular flexibility index (Phi) is 3.80. The largest absolute Gasteiger partial charge is 0.380 e. The van der Waals surface area contributed by atoms with Gasteiger partial charge < -0.3 is 5.32 Å². The van der Waals surface area contributed by atoms with Crippen LogP contribution in [0.1, 0.15) is 21.0 Å². The number of nitro groups is 1. The Bertz CT molecular complexity index is 622. The van der Waals surface area contributed by atoms with E-state index in [0.717, 1.165) is 21.1 Å². The molecule has 100 valence electrons. The van der Waals surface area contributed by atoms with E-state index >= 15 is 0 Å². The lowest BCUT2D eigenvalue weighted by Gasteiger charge is -2.09. The minimum Gasteiger partial charge on any atom is -0.380 e. The van der Waals surface area contributed by atoms with E-state index in [0.29, 0.717) is 12.1 Å². The van der Waals surface area contributed by atoms with Gasteiger partial charge in [-0.3, -0.25) is 10.1 Å². The van der Waals surface area contributed by atoms with Crippen LogP contribution in [0.3, 0.4) is 0 Å².